The molecule has 0 fully saturated rings. The van der Waals surface area contributed by atoms with E-state index in [4.69, 9.17) is 23.2 Å². The van der Waals surface area contributed by atoms with Crippen LogP contribution in [0.3, 0.4) is 0 Å². The van der Waals surface area contributed by atoms with Crippen LogP contribution < -0.4 is 10.6 Å². The molecule has 0 aliphatic carbocycles. The van der Waals surface area contributed by atoms with E-state index >= 15 is 0 Å². The maximum absolute atomic E-state index is 11.9. The van der Waals surface area contributed by atoms with Crippen LogP contribution >= 0.6 is 45.9 Å². The predicted octanol–water partition coefficient (Wildman–Crippen LogP) is 8.27. The van der Waals surface area contributed by atoms with E-state index in [1.54, 1.807) is 48.8 Å². The van der Waals surface area contributed by atoms with Crippen LogP contribution in [0.1, 0.15) is 46.4 Å². The lowest BCUT2D eigenvalue weighted by Gasteiger charge is -2.06. The molecule has 41 heavy (non-hydrogen) atoms. The highest BCUT2D eigenvalue weighted by Gasteiger charge is 2.21. The second-order valence-corrected chi connectivity index (χ2v) is 11.2. The van der Waals surface area contributed by atoms with Crippen molar-refractivity contribution in [1.82, 2.24) is 0 Å². The van der Waals surface area contributed by atoms with Crippen molar-refractivity contribution in [3.8, 4) is 22.3 Å². The number of aldehydes is 1. The summed E-state index contributed by atoms with van der Waals surface area (Å²) in [6.45, 7) is 0. The van der Waals surface area contributed by atoms with E-state index in [0.717, 1.165) is 17.4 Å². The molecule has 0 saturated carbocycles. The Hall–Kier alpha value is -3.70. The van der Waals surface area contributed by atoms with Crippen molar-refractivity contribution in [2.45, 2.75) is 25.7 Å². The normalized spacial score (nSPS) is 10.3. The zero-order valence-corrected chi connectivity index (χ0v) is 24.9. The Bertz CT molecular complexity index is 1520. The molecule has 0 aliphatic heterocycles. The number of halogens is 2. The molecule has 8 nitrogen and oxygen atoms in total. The number of thiophene rings is 2. The van der Waals surface area contributed by atoms with Crippen LogP contribution in [-0.2, 0) is 9.59 Å². The highest BCUT2D eigenvalue weighted by molar-refractivity contribution is 7.15. The summed E-state index contributed by atoms with van der Waals surface area (Å²) < 4.78 is 0. The number of unbranched alkanes of at least 4 members (excludes halogenated alkanes) is 2. The Morgan fingerprint density at radius 3 is 1.68 bits per heavy atom. The molecular weight excluding hydrogens is 607 g/mol. The average Bonchev–Trinajstić information content (AvgIpc) is 3.57. The fourth-order valence-electron chi connectivity index (χ4n) is 3.80. The van der Waals surface area contributed by atoms with E-state index in [1.807, 2.05) is 17.5 Å². The number of carbonyl (C=O) groups excluding carboxylic acids is 2. The van der Waals surface area contributed by atoms with Gasteiger partial charge in [0, 0.05) is 51.8 Å². The molecule has 0 saturated heterocycles. The van der Waals surface area contributed by atoms with Gasteiger partial charge in [0.05, 0.1) is 0 Å². The summed E-state index contributed by atoms with van der Waals surface area (Å²) in [6.07, 6.45) is 2.72. The number of carboxylic acid groups (broad SMARTS) is 2. The highest BCUT2D eigenvalue weighted by atomic mass is 35.5. The number of hydrogen-bond donors (Lipinski definition) is 4. The number of rotatable bonds is 11. The van der Waals surface area contributed by atoms with Gasteiger partial charge in [-0.3, -0.25) is 4.79 Å². The number of nitrogens with one attached hydrogen (secondary N) is 2. The lowest BCUT2D eigenvalue weighted by atomic mass is 10.0. The molecule has 2 heterocycles. The minimum Gasteiger partial charge on any atom is -0.478 e. The van der Waals surface area contributed by atoms with Gasteiger partial charge in [0.2, 0.25) is 5.91 Å². The monoisotopic (exact) mass is 632 g/mol. The molecule has 12 heteroatoms. The van der Waals surface area contributed by atoms with Gasteiger partial charge in [-0.1, -0.05) is 47.5 Å². The number of anilines is 2. The summed E-state index contributed by atoms with van der Waals surface area (Å²) in [5, 5.41) is 30.0. The molecule has 2 aromatic carbocycles. The van der Waals surface area contributed by atoms with E-state index in [2.05, 4.69) is 10.6 Å². The smallest absolute Gasteiger partial charge is 0.339 e. The number of hydrogen-bond acceptors (Lipinski definition) is 7. The molecule has 4 N–H and O–H groups in total. The van der Waals surface area contributed by atoms with Gasteiger partial charge in [-0.15, -0.1) is 22.7 Å². The molecule has 0 radical (unpaired) electrons. The van der Waals surface area contributed by atoms with E-state index in [1.165, 1.54) is 22.7 Å². The van der Waals surface area contributed by atoms with E-state index < -0.39 is 11.9 Å². The molecule has 4 aromatic rings. The molecule has 0 aliphatic rings. The average molecular weight is 634 g/mol. The maximum atomic E-state index is 11.9. The first-order valence-electron chi connectivity index (χ1n) is 12.3. The topological polar surface area (TPSA) is 133 Å². The van der Waals surface area contributed by atoms with Gasteiger partial charge in [-0.25, -0.2) is 9.59 Å². The third kappa shape index (κ3) is 8.64. The van der Waals surface area contributed by atoms with Gasteiger partial charge >= 0.3 is 11.9 Å². The second-order valence-electron chi connectivity index (χ2n) is 8.54. The standard InChI is InChI=1S/C17H16ClNO4S.C12H10ClNO2S/c18-12-7-5-11(6-8-12)13-10-24-16(15(13)17(22)23)19-14(21)4-2-1-3-9-20;1-14-11-10(12(15)16)9(6-17-11)7-2-4-8(13)5-3-7/h5-10H,1-4H2,(H,19,21)(H,22,23);2-6,14H,1H3,(H,15,16). The molecule has 0 spiro atoms. The van der Waals surface area contributed by atoms with Gasteiger partial charge in [-0.2, -0.15) is 0 Å². The highest BCUT2D eigenvalue weighted by Crippen LogP contribution is 2.37. The SMILES string of the molecule is CNc1scc(-c2ccc(Cl)cc2)c1C(=O)O.O=CCCCCC(=O)Nc1scc(-c2ccc(Cl)cc2)c1C(=O)O. The zero-order chi connectivity index (χ0) is 29.9. The fourth-order valence-corrected chi connectivity index (χ4v) is 5.95. The van der Waals surface area contributed by atoms with Crippen molar-refractivity contribution >= 4 is 80.0 Å². The summed E-state index contributed by atoms with van der Waals surface area (Å²) in [4.78, 5) is 45.0. The van der Waals surface area contributed by atoms with Crippen molar-refractivity contribution in [2.24, 2.45) is 0 Å². The summed E-state index contributed by atoms with van der Waals surface area (Å²) in [5.74, 6) is -2.29. The molecular formula is C29H26Cl2N2O6S2. The minimum absolute atomic E-state index is 0.0727. The third-order valence-corrected chi connectivity index (χ3v) is 8.17. The van der Waals surface area contributed by atoms with Gasteiger partial charge in [0.15, 0.2) is 0 Å². The number of benzene rings is 2. The van der Waals surface area contributed by atoms with Gasteiger partial charge < -0.3 is 25.6 Å². The van der Waals surface area contributed by atoms with Crippen LogP contribution in [-0.4, -0.2) is 41.4 Å². The van der Waals surface area contributed by atoms with Crippen LogP contribution in [0.25, 0.3) is 22.3 Å². The lowest BCUT2D eigenvalue weighted by Crippen LogP contribution is -2.13. The molecule has 1 amide bonds. The lowest BCUT2D eigenvalue weighted by molar-refractivity contribution is -0.116. The maximum Gasteiger partial charge on any atom is 0.339 e. The summed E-state index contributed by atoms with van der Waals surface area (Å²) >= 11 is 14.2. The summed E-state index contributed by atoms with van der Waals surface area (Å²) in [6, 6.07) is 14.0. The second kappa shape index (κ2) is 15.3. The Kier molecular flexibility index (Phi) is 11.9. The molecule has 214 valence electrons. The van der Waals surface area contributed by atoms with E-state index in [0.29, 0.717) is 56.0 Å². The van der Waals surface area contributed by atoms with Crippen LogP contribution in [0, 0.1) is 0 Å². The van der Waals surface area contributed by atoms with Crippen LogP contribution in [0.5, 0.6) is 0 Å². The number of aromatic carboxylic acids is 2. The Morgan fingerprint density at radius 2 is 1.24 bits per heavy atom. The first-order valence-corrected chi connectivity index (χ1v) is 14.8. The molecule has 0 unspecified atom stereocenters. The summed E-state index contributed by atoms with van der Waals surface area (Å²) in [7, 11) is 1.71. The first-order chi connectivity index (χ1) is 19.7. The molecule has 4 rings (SSSR count). The minimum atomic E-state index is -1.10. The summed E-state index contributed by atoms with van der Waals surface area (Å²) in [5.41, 5.74) is 3.21. The Morgan fingerprint density at radius 1 is 0.780 bits per heavy atom. The van der Waals surface area contributed by atoms with Crippen LogP contribution in [0.2, 0.25) is 10.0 Å². The first kappa shape index (κ1) is 31.8. The molecule has 2 aromatic heterocycles. The zero-order valence-electron chi connectivity index (χ0n) is 21.8. The molecule has 0 atom stereocenters. The third-order valence-electron chi connectivity index (χ3n) is 5.78. The van der Waals surface area contributed by atoms with Crippen molar-refractivity contribution in [3.63, 3.8) is 0 Å². The van der Waals surface area contributed by atoms with Crippen molar-refractivity contribution in [3.05, 3.63) is 80.5 Å². The predicted molar refractivity (Wildman–Crippen MR) is 166 cm³/mol. The Labute approximate surface area is 254 Å². The number of carboxylic acids is 2. The van der Waals surface area contributed by atoms with E-state index in [-0.39, 0.29) is 17.9 Å². The quantitative estimate of drug-likeness (QED) is 0.0965. The van der Waals surface area contributed by atoms with E-state index in [9.17, 15) is 29.4 Å². The number of amides is 1. The Balaban J connectivity index is 0.000000239. The van der Waals surface area contributed by atoms with Crippen molar-refractivity contribution in [1.29, 1.82) is 0 Å². The van der Waals surface area contributed by atoms with Crippen LogP contribution in [0.15, 0.2) is 59.3 Å². The van der Waals surface area contributed by atoms with Gasteiger partial charge in [0.25, 0.3) is 0 Å². The number of carbonyl (C=O) groups is 4. The largest absolute Gasteiger partial charge is 0.478 e. The van der Waals surface area contributed by atoms with Crippen molar-refractivity contribution in [2.75, 3.05) is 17.7 Å². The molecule has 0 bridgehead atoms. The van der Waals surface area contributed by atoms with Gasteiger partial charge in [-0.05, 0) is 48.2 Å². The van der Waals surface area contributed by atoms with Crippen LogP contribution in [0.4, 0.5) is 10.0 Å². The van der Waals surface area contributed by atoms with Crippen molar-refractivity contribution < 1.29 is 29.4 Å². The van der Waals surface area contributed by atoms with Gasteiger partial charge in [0.1, 0.15) is 27.4 Å². The fraction of sp³-hybridized carbons (Fsp3) is 0.172.